The van der Waals surface area contributed by atoms with Gasteiger partial charge in [0.25, 0.3) is 5.91 Å². The Bertz CT molecular complexity index is 1100. The number of rotatable bonds is 5. The summed E-state index contributed by atoms with van der Waals surface area (Å²) < 4.78 is 5.82. The van der Waals surface area contributed by atoms with E-state index in [1.54, 1.807) is 36.7 Å². The third kappa shape index (κ3) is 3.94. The smallest absolute Gasteiger partial charge is 0.292 e. The number of carbonyl (C=O) groups excluding carboxylic acids is 1. The molecule has 3 aromatic heterocycles. The number of benzene rings is 1. The number of hydrogen-bond acceptors (Lipinski definition) is 6. The van der Waals surface area contributed by atoms with Gasteiger partial charge in [-0.05, 0) is 24.3 Å². The van der Waals surface area contributed by atoms with E-state index in [9.17, 15) is 4.79 Å². The van der Waals surface area contributed by atoms with Crippen LogP contribution in [0.2, 0.25) is 5.15 Å². The molecule has 0 spiro atoms. The van der Waals surface area contributed by atoms with Crippen LogP contribution in [0.4, 0.5) is 5.82 Å². The van der Waals surface area contributed by atoms with Crippen LogP contribution in [-0.4, -0.2) is 20.9 Å². The van der Waals surface area contributed by atoms with E-state index in [4.69, 9.17) is 16.0 Å². The predicted octanol–water partition coefficient (Wildman–Crippen LogP) is 4.82. The number of carbonyl (C=O) groups is 1. The van der Waals surface area contributed by atoms with Gasteiger partial charge in [0.2, 0.25) is 0 Å². The van der Waals surface area contributed by atoms with E-state index in [1.165, 1.54) is 11.8 Å². The van der Waals surface area contributed by atoms with Crippen LogP contribution in [0.5, 0.6) is 0 Å². The second kappa shape index (κ2) is 7.77. The monoisotopic (exact) mass is 396 g/mol. The molecule has 0 bridgehead atoms. The Hall–Kier alpha value is -2.90. The molecule has 0 aliphatic heterocycles. The van der Waals surface area contributed by atoms with Gasteiger partial charge in [-0.1, -0.05) is 47.6 Å². The highest BCUT2D eigenvalue weighted by Gasteiger charge is 2.21. The van der Waals surface area contributed by atoms with Crippen molar-refractivity contribution in [3.63, 3.8) is 0 Å². The molecule has 0 aliphatic rings. The molecular weight excluding hydrogens is 384 g/mol. The van der Waals surface area contributed by atoms with Gasteiger partial charge in [0.15, 0.2) is 10.9 Å². The summed E-state index contributed by atoms with van der Waals surface area (Å²) in [7, 11) is 0. The first kappa shape index (κ1) is 17.5. The third-order valence-electron chi connectivity index (χ3n) is 3.75. The maximum absolute atomic E-state index is 12.8. The van der Waals surface area contributed by atoms with E-state index in [2.05, 4.69) is 20.3 Å². The first-order chi connectivity index (χ1) is 13.2. The van der Waals surface area contributed by atoms with Gasteiger partial charge in [-0.2, -0.15) is 0 Å². The van der Waals surface area contributed by atoms with Crippen molar-refractivity contribution in [1.29, 1.82) is 0 Å². The lowest BCUT2D eigenvalue weighted by Gasteiger charge is -2.05. The zero-order valence-corrected chi connectivity index (χ0v) is 15.5. The van der Waals surface area contributed by atoms with Crippen LogP contribution in [0.1, 0.15) is 16.1 Å². The van der Waals surface area contributed by atoms with E-state index < -0.39 is 0 Å². The summed E-state index contributed by atoms with van der Waals surface area (Å²) >= 11 is 7.32. The quantitative estimate of drug-likeness (QED) is 0.296. The van der Waals surface area contributed by atoms with Gasteiger partial charge in [0.1, 0.15) is 16.6 Å². The molecule has 1 amide bonds. The molecule has 6 nitrogen and oxygen atoms in total. The van der Waals surface area contributed by atoms with Crippen LogP contribution < -0.4 is 5.32 Å². The summed E-state index contributed by atoms with van der Waals surface area (Å²) in [6, 6.07) is 14.3. The van der Waals surface area contributed by atoms with Crippen molar-refractivity contribution in [3.8, 4) is 0 Å². The summed E-state index contributed by atoms with van der Waals surface area (Å²) in [4.78, 5) is 25.3. The van der Waals surface area contributed by atoms with Crippen molar-refractivity contribution in [2.75, 3.05) is 5.32 Å². The van der Waals surface area contributed by atoms with Crippen molar-refractivity contribution in [1.82, 2.24) is 15.0 Å². The maximum Gasteiger partial charge on any atom is 0.292 e. The van der Waals surface area contributed by atoms with Gasteiger partial charge in [0, 0.05) is 29.1 Å². The Labute approximate surface area is 164 Å². The Morgan fingerprint density at radius 3 is 2.70 bits per heavy atom. The fourth-order valence-electron chi connectivity index (χ4n) is 2.57. The number of nitrogens with one attached hydrogen (secondary N) is 1. The summed E-state index contributed by atoms with van der Waals surface area (Å²) in [6.45, 7) is 0. The lowest BCUT2D eigenvalue weighted by Crippen LogP contribution is -2.13. The number of hydrogen-bond donors (Lipinski definition) is 1. The maximum atomic E-state index is 12.8. The minimum atomic E-state index is -0.384. The lowest BCUT2D eigenvalue weighted by atomic mass is 10.1. The number of pyridine rings is 1. The number of fused-ring (bicyclic) bond motifs is 1. The highest BCUT2D eigenvalue weighted by molar-refractivity contribution is 7.98. The van der Waals surface area contributed by atoms with Crippen LogP contribution in [0, 0.1) is 0 Å². The van der Waals surface area contributed by atoms with Gasteiger partial charge >= 0.3 is 0 Å². The second-order valence-corrected chi connectivity index (χ2v) is 6.86. The second-order valence-electron chi connectivity index (χ2n) is 5.53. The Balaban J connectivity index is 1.65. The standard InChI is InChI=1S/C19H13ClN4O2S/c20-15-7-3-8-16(23-15)24-18(25)17-13(11-27-19-21-9-4-10-22-19)12-5-1-2-6-14(12)26-17/h1-10H,11H2,(H,23,24,25). The molecule has 0 saturated heterocycles. The summed E-state index contributed by atoms with van der Waals surface area (Å²) in [5, 5.41) is 4.54. The predicted molar refractivity (Wildman–Crippen MR) is 105 cm³/mol. The highest BCUT2D eigenvalue weighted by Crippen LogP contribution is 2.31. The number of furan rings is 1. The molecule has 3 heterocycles. The number of para-hydroxylation sites is 1. The molecule has 0 radical (unpaired) electrons. The number of halogens is 1. The lowest BCUT2D eigenvalue weighted by molar-refractivity contribution is 0.0997. The number of aromatic nitrogens is 3. The van der Waals surface area contributed by atoms with E-state index >= 15 is 0 Å². The average Bonchev–Trinajstić information content (AvgIpc) is 3.06. The first-order valence-electron chi connectivity index (χ1n) is 8.05. The van der Waals surface area contributed by atoms with Crippen molar-refractivity contribution >= 4 is 46.1 Å². The largest absolute Gasteiger partial charge is 0.451 e. The fraction of sp³-hybridized carbons (Fsp3) is 0.0526. The Morgan fingerprint density at radius 1 is 1.07 bits per heavy atom. The van der Waals surface area contributed by atoms with Crippen LogP contribution in [0.3, 0.4) is 0 Å². The molecule has 0 saturated carbocycles. The molecule has 4 rings (SSSR count). The summed E-state index contributed by atoms with van der Waals surface area (Å²) in [6.07, 6.45) is 3.36. The number of thioether (sulfide) groups is 1. The highest BCUT2D eigenvalue weighted by atomic mass is 35.5. The number of amides is 1. The van der Waals surface area contributed by atoms with Gasteiger partial charge in [0.05, 0.1) is 0 Å². The molecule has 0 unspecified atom stereocenters. The van der Waals surface area contributed by atoms with Crippen molar-refractivity contribution in [2.24, 2.45) is 0 Å². The van der Waals surface area contributed by atoms with E-state index in [-0.39, 0.29) is 11.7 Å². The zero-order chi connectivity index (χ0) is 18.6. The average molecular weight is 397 g/mol. The van der Waals surface area contributed by atoms with Crippen molar-refractivity contribution < 1.29 is 9.21 Å². The summed E-state index contributed by atoms with van der Waals surface area (Å²) in [5.74, 6) is 0.706. The normalized spacial score (nSPS) is 10.9. The van der Waals surface area contributed by atoms with E-state index in [0.717, 1.165) is 10.9 Å². The number of anilines is 1. The Kier molecular flexibility index (Phi) is 5.04. The Morgan fingerprint density at radius 2 is 1.89 bits per heavy atom. The zero-order valence-electron chi connectivity index (χ0n) is 13.9. The molecular formula is C19H13ClN4O2S. The minimum Gasteiger partial charge on any atom is -0.451 e. The molecule has 0 atom stereocenters. The topological polar surface area (TPSA) is 80.9 Å². The van der Waals surface area contributed by atoms with Gasteiger partial charge in [-0.25, -0.2) is 15.0 Å². The molecule has 134 valence electrons. The number of nitrogens with zero attached hydrogens (tertiary/aromatic N) is 3. The van der Waals surface area contributed by atoms with Crippen molar-refractivity contribution in [3.05, 3.63) is 77.4 Å². The molecule has 27 heavy (non-hydrogen) atoms. The van der Waals surface area contributed by atoms with E-state index in [0.29, 0.717) is 27.5 Å². The molecule has 0 fully saturated rings. The SMILES string of the molecule is O=C(Nc1cccc(Cl)n1)c1oc2ccccc2c1CSc1ncccn1. The van der Waals surface area contributed by atoms with Crippen LogP contribution >= 0.6 is 23.4 Å². The molecule has 0 aliphatic carbocycles. The van der Waals surface area contributed by atoms with Crippen molar-refractivity contribution in [2.45, 2.75) is 10.9 Å². The van der Waals surface area contributed by atoms with E-state index in [1.807, 2.05) is 24.3 Å². The molecule has 1 N–H and O–H groups in total. The minimum absolute atomic E-state index is 0.237. The first-order valence-corrected chi connectivity index (χ1v) is 9.41. The summed E-state index contributed by atoms with van der Waals surface area (Å²) in [5.41, 5.74) is 1.42. The molecule has 8 heteroatoms. The third-order valence-corrected chi connectivity index (χ3v) is 4.86. The molecule has 4 aromatic rings. The van der Waals surface area contributed by atoms with Crippen LogP contribution in [0.25, 0.3) is 11.0 Å². The fourth-order valence-corrected chi connectivity index (χ4v) is 3.57. The van der Waals surface area contributed by atoms with Gasteiger partial charge in [-0.15, -0.1) is 0 Å². The molecule has 1 aromatic carbocycles. The van der Waals surface area contributed by atoms with Crippen LogP contribution in [0.15, 0.2) is 70.5 Å². The van der Waals surface area contributed by atoms with Crippen LogP contribution in [-0.2, 0) is 5.75 Å². The van der Waals surface area contributed by atoms with Gasteiger partial charge < -0.3 is 9.73 Å². The van der Waals surface area contributed by atoms with Gasteiger partial charge in [-0.3, -0.25) is 4.79 Å².